The number of carbonyl (C=O) groups excluding carboxylic acids is 1. The van der Waals surface area contributed by atoms with Gasteiger partial charge in [0.05, 0.1) is 21.3 Å². The summed E-state index contributed by atoms with van der Waals surface area (Å²) in [5.41, 5.74) is 3.79. The summed E-state index contributed by atoms with van der Waals surface area (Å²) in [5.74, 6) is 1.50. The largest absolute Gasteiger partial charge is 0.496 e. The molecule has 2 rings (SSSR count). The summed E-state index contributed by atoms with van der Waals surface area (Å²) in [6, 6.07) is 9.28. The number of rotatable bonds is 6. The zero-order valence-electron chi connectivity index (χ0n) is 15.2. The SMILES string of the molecule is COc1cc(OC)c(OC)cc1/C=C/C(=O)Nc1ccc(C)c(C)c1. The van der Waals surface area contributed by atoms with Crippen LogP contribution >= 0.6 is 0 Å². The van der Waals surface area contributed by atoms with Crippen molar-refractivity contribution in [1.82, 2.24) is 0 Å². The molecule has 0 aliphatic heterocycles. The molecule has 0 aromatic heterocycles. The van der Waals surface area contributed by atoms with Crippen LogP contribution in [0.2, 0.25) is 0 Å². The fourth-order valence-corrected chi connectivity index (χ4v) is 2.35. The summed E-state index contributed by atoms with van der Waals surface area (Å²) in [6.45, 7) is 4.04. The van der Waals surface area contributed by atoms with Crippen molar-refractivity contribution in [1.29, 1.82) is 0 Å². The normalized spacial score (nSPS) is 10.6. The smallest absolute Gasteiger partial charge is 0.248 e. The molecule has 1 amide bonds. The Morgan fingerprint density at radius 3 is 2.12 bits per heavy atom. The van der Waals surface area contributed by atoms with Crippen LogP contribution in [0.1, 0.15) is 16.7 Å². The number of hydrogen-bond acceptors (Lipinski definition) is 4. The number of ether oxygens (including phenoxy) is 3. The Kier molecular flexibility index (Phi) is 6.06. The maximum atomic E-state index is 12.2. The molecule has 0 heterocycles. The maximum absolute atomic E-state index is 12.2. The van der Waals surface area contributed by atoms with Crippen molar-refractivity contribution in [2.45, 2.75) is 13.8 Å². The Balaban J connectivity index is 2.19. The Morgan fingerprint density at radius 2 is 1.52 bits per heavy atom. The summed E-state index contributed by atoms with van der Waals surface area (Å²) in [7, 11) is 4.68. The maximum Gasteiger partial charge on any atom is 0.248 e. The minimum absolute atomic E-state index is 0.222. The molecule has 0 radical (unpaired) electrons. The van der Waals surface area contributed by atoms with E-state index in [1.807, 2.05) is 32.0 Å². The van der Waals surface area contributed by atoms with Crippen LogP contribution in [0.25, 0.3) is 6.08 Å². The average Bonchev–Trinajstić information content (AvgIpc) is 2.62. The Labute approximate surface area is 148 Å². The van der Waals surface area contributed by atoms with Gasteiger partial charge in [0.2, 0.25) is 5.91 Å². The molecule has 0 unspecified atom stereocenters. The van der Waals surface area contributed by atoms with E-state index >= 15 is 0 Å². The van der Waals surface area contributed by atoms with Crippen molar-refractivity contribution in [3.8, 4) is 17.2 Å². The molecule has 5 nitrogen and oxygen atoms in total. The van der Waals surface area contributed by atoms with E-state index in [0.717, 1.165) is 16.8 Å². The fourth-order valence-electron chi connectivity index (χ4n) is 2.35. The molecule has 0 saturated carbocycles. The molecular weight excluding hydrogens is 318 g/mol. The molecule has 0 bridgehead atoms. The first-order valence-corrected chi connectivity index (χ1v) is 7.84. The van der Waals surface area contributed by atoms with Crippen molar-refractivity contribution < 1.29 is 19.0 Å². The monoisotopic (exact) mass is 341 g/mol. The lowest BCUT2D eigenvalue weighted by Crippen LogP contribution is -2.08. The van der Waals surface area contributed by atoms with Gasteiger partial charge in [0.25, 0.3) is 0 Å². The van der Waals surface area contributed by atoms with Crippen LogP contribution in [0.3, 0.4) is 0 Å². The highest BCUT2D eigenvalue weighted by Crippen LogP contribution is 2.35. The lowest BCUT2D eigenvalue weighted by atomic mass is 10.1. The standard InChI is InChI=1S/C20H23NO4/c1-13-6-8-16(10-14(13)2)21-20(22)9-7-15-11-18(24-4)19(25-5)12-17(15)23-3/h6-12H,1-5H3,(H,21,22)/b9-7+. The summed E-state index contributed by atoms with van der Waals surface area (Å²) >= 11 is 0. The minimum Gasteiger partial charge on any atom is -0.496 e. The van der Waals surface area contributed by atoms with Gasteiger partial charge in [0.15, 0.2) is 11.5 Å². The number of hydrogen-bond donors (Lipinski definition) is 1. The van der Waals surface area contributed by atoms with Crippen molar-refractivity contribution in [3.05, 3.63) is 53.1 Å². The quantitative estimate of drug-likeness (QED) is 0.808. The molecular formula is C20H23NO4. The molecule has 0 spiro atoms. The topological polar surface area (TPSA) is 56.8 Å². The summed E-state index contributed by atoms with van der Waals surface area (Å²) < 4.78 is 15.9. The van der Waals surface area contributed by atoms with Crippen molar-refractivity contribution in [2.24, 2.45) is 0 Å². The summed E-state index contributed by atoms with van der Waals surface area (Å²) in [4.78, 5) is 12.2. The van der Waals surface area contributed by atoms with Gasteiger partial charge in [-0.05, 0) is 49.2 Å². The van der Waals surface area contributed by atoms with E-state index in [4.69, 9.17) is 14.2 Å². The van der Waals surface area contributed by atoms with Crippen LogP contribution in [-0.2, 0) is 4.79 Å². The van der Waals surface area contributed by atoms with Gasteiger partial charge in [-0.15, -0.1) is 0 Å². The number of aryl methyl sites for hydroxylation is 2. The van der Waals surface area contributed by atoms with E-state index in [9.17, 15) is 4.79 Å². The molecule has 5 heteroatoms. The third-order valence-electron chi connectivity index (χ3n) is 3.92. The molecule has 2 aromatic rings. The van der Waals surface area contributed by atoms with Gasteiger partial charge in [0.1, 0.15) is 5.75 Å². The van der Waals surface area contributed by atoms with Crippen LogP contribution in [0.5, 0.6) is 17.2 Å². The Bertz CT molecular complexity index is 797. The fraction of sp³-hybridized carbons (Fsp3) is 0.250. The lowest BCUT2D eigenvalue weighted by Gasteiger charge is -2.12. The number of nitrogens with one attached hydrogen (secondary N) is 1. The van der Waals surface area contributed by atoms with E-state index in [1.165, 1.54) is 11.6 Å². The van der Waals surface area contributed by atoms with Gasteiger partial charge in [-0.25, -0.2) is 0 Å². The van der Waals surface area contributed by atoms with Crippen molar-refractivity contribution in [2.75, 3.05) is 26.6 Å². The zero-order chi connectivity index (χ0) is 18.4. The number of methoxy groups -OCH3 is 3. The second-order valence-electron chi connectivity index (χ2n) is 5.57. The van der Waals surface area contributed by atoms with E-state index in [2.05, 4.69) is 5.32 Å². The first-order valence-electron chi connectivity index (χ1n) is 7.84. The third kappa shape index (κ3) is 4.53. The van der Waals surface area contributed by atoms with Crippen LogP contribution in [0, 0.1) is 13.8 Å². The first kappa shape index (κ1) is 18.4. The van der Waals surface area contributed by atoms with Crippen LogP contribution in [-0.4, -0.2) is 27.2 Å². The second-order valence-corrected chi connectivity index (χ2v) is 5.57. The highest BCUT2D eigenvalue weighted by molar-refractivity contribution is 6.02. The predicted octanol–water partition coefficient (Wildman–Crippen LogP) is 3.98. The zero-order valence-corrected chi connectivity index (χ0v) is 15.2. The molecule has 0 fully saturated rings. The number of carbonyl (C=O) groups is 1. The third-order valence-corrected chi connectivity index (χ3v) is 3.92. The first-order chi connectivity index (χ1) is 12.0. The van der Waals surface area contributed by atoms with Gasteiger partial charge in [-0.3, -0.25) is 4.79 Å². The van der Waals surface area contributed by atoms with E-state index in [1.54, 1.807) is 39.5 Å². The summed E-state index contributed by atoms with van der Waals surface area (Å²) in [6.07, 6.45) is 3.14. The molecule has 0 aliphatic carbocycles. The van der Waals surface area contributed by atoms with Gasteiger partial charge in [-0.1, -0.05) is 6.07 Å². The van der Waals surface area contributed by atoms with Crippen LogP contribution in [0.15, 0.2) is 36.4 Å². The molecule has 1 N–H and O–H groups in total. The van der Waals surface area contributed by atoms with Gasteiger partial charge < -0.3 is 19.5 Å². The van der Waals surface area contributed by atoms with Crippen LogP contribution < -0.4 is 19.5 Å². The van der Waals surface area contributed by atoms with E-state index in [-0.39, 0.29) is 5.91 Å². The second kappa shape index (κ2) is 8.24. The van der Waals surface area contributed by atoms with Crippen LogP contribution in [0.4, 0.5) is 5.69 Å². The Morgan fingerprint density at radius 1 is 0.880 bits per heavy atom. The molecule has 25 heavy (non-hydrogen) atoms. The van der Waals surface area contributed by atoms with Gasteiger partial charge in [0, 0.05) is 23.4 Å². The van der Waals surface area contributed by atoms with Crippen molar-refractivity contribution in [3.63, 3.8) is 0 Å². The Hall–Kier alpha value is -2.95. The molecule has 2 aromatic carbocycles. The number of benzene rings is 2. The molecule has 0 atom stereocenters. The van der Waals surface area contributed by atoms with E-state index in [0.29, 0.717) is 17.2 Å². The lowest BCUT2D eigenvalue weighted by molar-refractivity contribution is -0.111. The average molecular weight is 341 g/mol. The number of anilines is 1. The highest BCUT2D eigenvalue weighted by atomic mass is 16.5. The van der Waals surface area contributed by atoms with Gasteiger partial charge >= 0.3 is 0 Å². The van der Waals surface area contributed by atoms with Crippen molar-refractivity contribution >= 4 is 17.7 Å². The minimum atomic E-state index is -0.222. The number of amides is 1. The molecule has 0 aliphatic rings. The molecule has 0 saturated heterocycles. The predicted molar refractivity (Wildman–Crippen MR) is 99.7 cm³/mol. The highest BCUT2D eigenvalue weighted by Gasteiger charge is 2.10. The molecule has 132 valence electrons. The van der Waals surface area contributed by atoms with Gasteiger partial charge in [-0.2, -0.15) is 0 Å². The summed E-state index contributed by atoms with van der Waals surface area (Å²) in [5, 5.41) is 2.85. The van der Waals surface area contributed by atoms with E-state index < -0.39 is 0 Å².